The normalized spacial score (nSPS) is 19.9. The van der Waals surface area contributed by atoms with Crippen molar-refractivity contribution in [2.45, 2.75) is 45.4 Å². The van der Waals surface area contributed by atoms with E-state index in [1.807, 2.05) is 36.1 Å². The molecule has 2 aliphatic heterocycles. The van der Waals surface area contributed by atoms with Gasteiger partial charge in [0.15, 0.2) is 0 Å². The van der Waals surface area contributed by atoms with Crippen molar-refractivity contribution in [2.75, 3.05) is 38.0 Å². The summed E-state index contributed by atoms with van der Waals surface area (Å²) in [5.74, 6) is 1.31. The van der Waals surface area contributed by atoms with Gasteiger partial charge in [0.25, 0.3) is 0 Å². The second-order valence-corrected chi connectivity index (χ2v) is 8.28. The van der Waals surface area contributed by atoms with E-state index >= 15 is 0 Å². The number of aryl methyl sites for hydroxylation is 1. The first kappa shape index (κ1) is 23.5. The molecule has 0 spiro atoms. The smallest absolute Gasteiger partial charge is 0.319 e. The van der Waals surface area contributed by atoms with E-state index in [9.17, 15) is 9.59 Å². The van der Waals surface area contributed by atoms with Crippen molar-refractivity contribution < 1.29 is 9.59 Å². The SMILES string of the molecule is Cc1ccc(NC(=O)NCC2CCCN(C(=O)CCC3CCNCC3)C2)cc1.Cl. The number of nitrogens with one attached hydrogen (secondary N) is 3. The molecule has 0 aliphatic carbocycles. The summed E-state index contributed by atoms with van der Waals surface area (Å²) in [6.45, 7) is 6.41. The number of urea groups is 1. The van der Waals surface area contributed by atoms with E-state index < -0.39 is 0 Å². The molecular formula is C22H35ClN4O2. The molecule has 7 heteroatoms. The number of rotatable bonds is 6. The minimum absolute atomic E-state index is 0. The summed E-state index contributed by atoms with van der Waals surface area (Å²) in [5.41, 5.74) is 1.96. The number of likely N-dealkylation sites (tertiary alicyclic amines) is 1. The molecule has 29 heavy (non-hydrogen) atoms. The highest BCUT2D eigenvalue weighted by Gasteiger charge is 2.24. The maximum Gasteiger partial charge on any atom is 0.319 e. The van der Waals surface area contributed by atoms with Crippen LogP contribution in [0.1, 0.15) is 44.1 Å². The number of benzene rings is 1. The van der Waals surface area contributed by atoms with Gasteiger partial charge in [0, 0.05) is 31.7 Å². The Morgan fingerprint density at radius 2 is 1.83 bits per heavy atom. The van der Waals surface area contributed by atoms with Gasteiger partial charge in [-0.05, 0) is 76.1 Å². The third kappa shape index (κ3) is 7.86. The van der Waals surface area contributed by atoms with Crippen LogP contribution in [0.2, 0.25) is 0 Å². The Bertz CT molecular complexity index is 647. The lowest BCUT2D eigenvalue weighted by Gasteiger charge is -2.33. The van der Waals surface area contributed by atoms with E-state index in [0.29, 0.717) is 24.8 Å². The predicted octanol–water partition coefficient (Wildman–Crippen LogP) is 3.56. The van der Waals surface area contributed by atoms with E-state index in [1.165, 1.54) is 12.8 Å². The van der Waals surface area contributed by atoms with Gasteiger partial charge in [-0.2, -0.15) is 0 Å². The van der Waals surface area contributed by atoms with Gasteiger partial charge in [0.1, 0.15) is 0 Å². The fourth-order valence-electron chi connectivity index (χ4n) is 4.16. The first-order chi connectivity index (χ1) is 13.6. The number of piperidine rings is 2. The predicted molar refractivity (Wildman–Crippen MR) is 120 cm³/mol. The number of anilines is 1. The lowest BCUT2D eigenvalue weighted by molar-refractivity contribution is -0.133. The highest BCUT2D eigenvalue weighted by Crippen LogP contribution is 2.21. The first-order valence-electron chi connectivity index (χ1n) is 10.7. The van der Waals surface area contributed by atoms with E-state index in [2.05, 4.69) is 16.0 Å². The third-order valence-corrected chi connectivity index (χ3v) is 5.96. The van der Waals surface area contributed by atoms with Gasteiger partial charge >= 0.3 is 6.03 Å². The molecular weight excluding hydrogens is 388 g/mol. The van der Waals surface area contributed by atoms with Crippen LogP contribution in [0, 0.1) is 18.8 Å². The quantitative estimate of drug-likeness (QED) is 0.656. The Kier molecular flexibility index (Phi) is 9.74. The number of nitrogens with zero attached hydrogens (tertiary/aromatic N) is 1. The van der Waals surface area contributed by atoms with E-state index in [0.717, 1.165) is 56.7 Å². The average Bonchev–Trinajstić information content (AvgIpc) is 2.73. The van der Waals surface area contributed by atoms with Crippen LogP contribution in [0.5, 0.6) is 0 Å². The molecule has 2 saturated heterocycles. The lowest BCUT2D eigenvalue weighted by atomic mass is 9.92. The molecule has 6 nitrogen and oxygen atoms in total. The van der Waals surface area contributed by atoms with Crippen LogP contribution in [0.15, 0.2) is 24.3 Å². The van der Waals surface area contributed by atoms with Gasteiger partial charge in [-0.1, -0.05) is 17.7 Å². The molecule has 1 atom stereocenters. The summed E-state index contributed by atoms with van der Waals surface area (Å²) < 4.78 is 0. The van der Waals surface area contributed by atoms with Crippen LogP contribution in [0.3, 0.4) is 0 Å². The summed E-state index contributed by atoms with van der Waals surface area (Å²) in [7, 11) is 0. The number of carbonyl (C=O) groups is 2. The molecule has 2 heterocycles. The molecule has 1 aromatic rings. The van der Waals surface area contributed by atoms with Gasteiger partial charge in [0.2, 0.25) is 5.91 Å². The van der Waals surface area contributed by atoms with Gasteiger partial charge in [-0.3, -0.25) is 4.79 Å². The molecule has 1 aromatic carbocycles. The molecule has 162 valence electrons. The maximum atomic E-state index is 12.6. The Labute approximate surface area is 180 Å². The molecule has 2 aliphatic rings. The molecule has 3 N–H and O–H groups in total. The van der Waals surface area contributed by atoms with Crippen LogP contribution in [-0.2, 0) is 4.79 Å². The molecule has 3 rings (SSSR count). The van der Waals surface area contributed by atoms with Crippen LogP contribution >= 0.6 is 12.4 Å². The molecule has 0 saturated carbocycles. The van der Waals surface area contributed by atoms with Crippen LogP contribution in [-0.4, -0.2) is 49.6 Å². The second-order valence-electron chi connectivity index (χ2n) is 8.28. The minimum atomic E-state index is -0.182. The molecule has 2 fully saturated rings. The lowest BCUT2D eigenvalue weighted by Crippen LogP contribution is -2.44. The van der Waals surface area contributed by atoms with Crippen LogP contribution in [0.4, 0.5) is 10.5 Å². The summed E-state index contributed by atoms with van der Waals surface area (Å²) in [6, 6.07) is 7.57. The second kappa shape index (κ2) is 12.0. The van der Waals surface area contributed by atoms with Gasteiger partial charge in [-0.25, -0.2) is 4.79 Å². The fraction of sp³-hybridized carbons (Fsp3) is 0.636. The summed E-state index contributed by atoms with van der Waals surface area (Å²) in [6.07, 6.45) is 6.14. The minimum Gasteiger partial charge on any atom is -0.342 e. The molecule has 3 amide bonds. The van der Waals surface area contributed by atoms with Crippen molar-refractivity contribution in [2.24, 2.45) is 11.8 Å². The molecule has 0 aromatic heterocycles. The highest BCUT2D eigenvalue weighted by atomic mass is 35.5. The fourth-order valence-corrected chi connectivity index (χ4v) is 4.16. The monoisotopic (exact) mass is 422 g/mol. The zero-order chi connectivity index (χ0) is 19.8. The van der Waals surface area contributed by atoms with Crippen LogP contribution in [0.25, 0.3) is 0 Å². The van der Waals surface area contributed by atoms with Crippen LogP contribution < -0.4 is 16.0 Å². The van der Waals surface area contributed by atoms with E-state index in [1.54, 1.807) is 0 Å². The zero-order valence-electron chi connectivity index (χ0n) is 17.4. The summed E-state index contributed by atoms with van der Waals surface area (Å²) >= 11 is 0. The highest BCUT2D eigenvalue weighted by molar-refractivity contribution is 5.89. The van der Waals surface area contributed by atoms with Crippen molar-refractivity contribution in [3.05, 3.63) is 29.8 Å². The van der Waals surface area contributed by atoms with Gasteiger partial charge in [-0.15, -0.1) is 12.4 Å². The standard InChI is InChI=1S/C22H34N4O2.ClH/c1-17-4-7-20(8-5-17)25-22(28)24-15-19-3-2-14-26(16-19)21(27)9-6-18-10-12-23-13-11-18;/h4-5,7-8,18-19,23H,2-3,6,9-16H2,1H3,(H2,24,25,28);1H. The van der Waals surface area contributed by atoms with Crippen molar-refractivity contribution in [1.29, 1.82) is 0 Å². The Morgan fingerprint density at radius 3 is 2.55 bits per heavy atom. The Morgan fingerprint density at radius 1 is 1.10 bits per heavy atom. The number of hydrogen-bond donors (Lipinski definition) is 3. The van der Waals surface area contributed by atoms with Crippen molar-refractivity contribution in [1.82, 2.24) is 15.5 Å². The maximum absolute atomic E-state index is 12.6. The topological polar surface area (TPSA) is 73.5 Å². The largest absolute Gasteiger partial charge is 0.342 e. The Hall–Kier alpha value is -1.79. The van der Waals surface area contributed by atoms with Gasteiger partial charge < -0.3 is 20.9 Å². The summed E-state index contributed by atoms with van der Waals surface area (Å²) in [5, 5.41) is 9.20. The number of halogens is 1. The zero-order valence-corrected chi connectivity index (χ0v) is 18.2. The summed E-state index contributed by atoms with van der Waals surface area (Å²) in [4.78, 5) is 26.7. The average molecular weight is 423 g/mol. The molecule has 0 radical (unpaired) electrons. The number of hydrogen-bond acceptors (Lipinski definition) is 3. The van der Waals surface area contributed by atoms with E-state index in [-0.39, 0.29) is 24.3 Å². The number of amides is 3. The van der Waals surface area contributed by atoms with Crippen molar-refractivity contribution in [3.63, 3.8) is 0 Å². The third-order valence-electron chi connectivity index (χ3n) is 5.96. The van der Waals surface area contributed by atoms with E-state index in [4.69, 9.17) is 0 Å². The molecule has 0 bridgehead atoms. The number of carbonyl (C=O) groups excluding carboxylic acids is 2. The first-order valence-corrected chi connectivity index (χ1v) is 10.7. The Balaban J connectivity index is 0.00000300. The molecule has 1 unspecified atom stereocenters. The van der Waals surface area contributed by atoms with Gasteiger partial charge in [0.05, 0.1) is 0 Å². The van der Waals surface area contributed by atoms with Crippen molar-refractivity contribution in [3.8, 4) is 0 Å². The van der Waals surface area contributed by atoms with Crippen molar-refractivity contribution >= 4 is 30.0 Å².